The van der Waals surface area contributed by atoms with Crippen LogP contribution in [0.25, 0.3) is 0 Å². The number of ether oxygens (including phenoxy) is 3. The zero-order chi connectivity index (χ0) is 18.6. The number of carbonyl (C=O) groups excluding carboxylic acids is 2. The van der Waals surface area contributed by atoms with Crippen molar-refractivity contribution in [1.82, 2.24) is 5.32 Å². The summed E-state index contributed by atoms with van der Waals surface area (Å²) in [6, 6.07) is -0.671. The molecule has 2 fully saturated rings. The van der Waals surface area contributed by atoms with Gasteiger partial charge in [-0.3, -0.25) is 0 Å². The molecule has 7 heteroatoms. The maximum Gasteiger partial charge on any atom is 0.407 e. The van der Waals surface area contributed by atoms with Crippen LogP contribution >= 0.6 is 0 Å². The summed E-state index contributed by atoms with van der Waals surface area (Å²) in [5.41, 5.74) is 0.965. The molecule has 0 unspecified atom stereocenters. The van der Waals surface area contributed by atoms with Crippen LogP contribution in [0.4, 0.5) is 4.79 Å². The van der Waals surface area contributed by atoms with E-state index in [1.54, 1.807) is 0 Å². The molecule has 0 spiro atoms. The number of esters is 1. The van der Waals surface area contributed by atoms with Crippen LogP contribution in [0, 0.1) is 0 Å². The van der Waals surface area contributed by atoms with Gasteiger partial charge in [-0.2, -0.15) is 0 Å². The van der Waals surface area contributed by atoms with Crippen molar-refractivity contribution in [3.05, 3.63) is 23.8 Å². The largest absolute Gasteiger partial charge is 0.459 e. The molecule has 2 N–H and O–H groups in total. The summed E-state index contributed by atoms with van der Waals surface area (Å²) in [7, 11) is 0. The number of fused-ring (bicyclic) bond motifs is 2. The summed E-state index contributed by atoms with van der Waals surface area (Å²) in [5.74, 6) is -2.01. The number of amides is 1. The van der Waals surface area contributed by atoms with Gasteiger partial charge in [-0.1, -0.05) is 17.7 Å². The third-order valence-electron chi connectivity index (χ3n) is 5.05. The van der Waals surface area contributed by atoms with Crippen molar-refractivity contribution in [2.75, 3.05) is 6.61 Å². The lowest BCUT2D eigenvalue weighted by molar-refractivity contribution is -0.286. The van der Waals surface area contributed by atoms with E-state index in [4.69, 9.17) is 14.2 Å². The van der Waals surface area contributed by atoms with E-state index in [0.29, 0.717) is 6.42 Å². The molecule has 0 aliphatic carbocycles. The van der Waals surface area contributed by atoms with E-state index >= 15 is 0 Å². The van der Waals surface area contributed by atoms with Crippen molar-refractivity contribution in [2.24, 2.45) is 0 Å². The molecule has 3 rings (SSSR count). The molecule has 3 aliphatic heterocycles. The lowest BCUT2D eigenvalue weighted by atomic mass is 9.91. The van der Waals surface area contributed by atoms with Crippen LogP contribution in [-0.4, -0.2) is 47.8 Å². The molecule has 1 amide bonds. The van der Waals surface area contributed by atoms with Gasteiger partial charge < -0.3 is 24.6 Å². The first-order valence-corrected chi connectivity index (χ1v) is 9.31. The number of hydrogen-bond acceptors (Lipinski definition) is 6. The summed E-state index contributed by atoms with van der Waals surface area (Å²) in [6.07, 6.45) is 9.47. The Morgan fingerprint density at radius 3 is 2.81 bits per heavy atom. The van der Waals surface area contributed by atoms with Gasteiger partial charge in [0.15, 0.2) is 5.79 Å². The zero-order valence-electron chi connectivity index (χ0n) is 15.1. The molecule has 0 aromatic heterocycles. The van der Waals surface area contributed by atoms with Crippen molar-refractivity contribution >= 4 is 12.1 Å². The summed E-state index contributed by atoms with van der Waals surface area (Å²) < 4.78 is 16.4. The highest BCUT2D eigenvalue weighted by Crippen LogP contribution is 2.35. The quantitative estimate of drug-likeness (QED) is 0.547. The van der Waals surface area contributed by atoms with Crippen molar-refractivity contribution < 1.29 is 28.9 Å². The first-order chi connectivity index (χ1) is 12.4. The maximum absolute atomic E-state index is 12.2. The molecule has 2 bridgehead atoms. The van der Waals surface area contributed by atoms with Crippen LogP contribution in [0.2, 0.25) is 0 Å². The molecule has 3 aliphatic rings. The maximum atomic E-state index is 12.2. The van der Waals surface area contributed by atoms with Crippen LogP contribution in [-0.2, 0) is 19.0 Å². The van der Waals surface area contributed by atoms with Gasteiger partial charge >= 0.3 is 12.1 Å². The average Bonchev–Trinajstić information content (AvgIpc) is 3.00. The topological polar surface area (TPSA) is 94.1 Å². The summed E-state index contributed by atoms with van der Waals surface area (Å²) in [4.78, 5) is 23.6. The Bertz CT molecular complexity index is 601. The third kappa shape index (κ3) is 4.86. The van der Waals surface area contributed by atoms with Gasteiger partial charge in [-0.25, -0.2) is 9.59 Å². The van der Waals surface area contributed by atoms with Gasteiger partial charge in [0.25, 0.3) is 0 Å². The molecule has 26 heavy (non-hydrogen) atoms. The highest BCUT2D eigenvalue weighted by Gasteiger charge is 2.50. The van der Waals surface area contributed by atoms with Gasteiger partial charge in [0.1, 0.15) is 18.8 Å². The van der Waals surface area contributed by atoms with Crippen LogP contribution in [0.1, 0.15) is 51.9 Å². The van der Waals surface area contributed by atoms with E-state index in [1.807, 2.05) is 6.92 Å². The number of hydrogen-bond donors (Lipinski definition) is 2. The Hall–Kier alpha value is -1.86. The van der Waals surface area contributed by atoms with Crippen molar-refractivity contribution in [3.63, 3.8) is 0 Å². The summed E-state index contributed by atoms with van der Waals surface area (Å²) >= 11 is 0. The zero-order valence-corrected chi connectivity index (χ0v) is 15.1. The summed E-state index contributed by atoms with van der Waals surface area (Å²) in [5, 5.41) is 13.6. The third-order valence-corrected chi connectivity index (χ3v) is 5.05. The van der Waals surface area contributed by atoms with Gasteiger partial charge in [0, 0.05) is 18.9 Å². The number of allylic oxidation sites excluding steroid dienone is 3. The number of alkyl carbamates (subject to hydrolysis) is 1. The average molecular weight is 365 g/mol. The number of nitrogens with one attached hydrogen (secondary N) is 1. The fourth-order valence-electron chi connectivity index (χ4n) is 3.69. The number of rotatable bonds is 1. The normalized spacial score (nSPS) is 39.6. The Balaban J connectivity index is 1.76. The van der Waals surface area contributed by atoms with Gasteiger partial charge in [-0.05, 0) is 39.0 Å². The van der Waals surface area contributed by atoms with Crippen molar-refractivity contribution in [2.45, 2.75) is 75.9 Å². The molecule has 2 saturated heterocycles. The van der Waals surface area contributed by atoms with E-state index in [1.165, 1.54) is 6.08 Å². The fraction of sp³-hybridized carbons (Fsp3) is 0.684. The van der Waals surface area contributed by atoms with Gasteiger partial charge in [0.2, 0.25) is 0 Å². The molecular formula is C19H27NO6. The number of carbonyl (C=O) groups is 2. The Kier molecular flexibility index (Phi) is 5.98. The number of aliphatic hydroxyl groups is 1. The smallest absolute Gasteiger partial charge is 0.407 e. The molecule has 0 aromatic rings. The van der Waals surface area contributed by atoms with Crippen molar-refractivity contribution in [1.29, 1.82) is 0 Å². The minimum absolute atomic E-state index is 0.0322. The molecule has 7 nitrogen and oxygen atoms in total. The van der Waals surface area contributed by atoms with Crippen LogP contribution in [0.15, 0.2) is 23.8 Å². The highest BCUT2D eigenvalue weighted by atomic mass is 16.6. The first-order valence-electron chi connectivity index (χ1n) is 9.31. The number of cyclic esters (lactones) is 1. The van der Waals surface area contributed by atoms with Crippen LogP contribution < -0.4 is 5.32 Å². The molecule has 3 heterocycles. The minimum atomic E-state index is -1.61. The van der Waals surface area contributed by atoms with E-state index < -0.39 is 30.0 Å². The molecule has 0 aromatic carbocycles. The predicted octanol–water partition coefficient (Wildman–Crippen LogP) is 2.34. The van der Waals surface area contributed by atoms with Crippen LogP contribution in [0.5, 0.6) is 0 Å². The lowest BCUT2D eigenvalue weighted by Gasteiger charge is -2.43. The second-order valence-electron chi connectivity index (χ2n) is 7.31. The molecular weight excluding hydrogens is 338 g/mol. The van der Waals surface area contributed by atoms with E-state index in [2.05, 4.69) is 17.5 Å². The van der Waals surface area contributed by atoms with E-state index in [0.717, 1.165) is 37.7 Å². The molecule has 0 saturated carbocycles. The summed E-state index contributed by atoms with van der Waals surface area (Å²) in [6.45, 7) is 1.94. The monoisotopic (exact) mass is 365 g/mol. The lowest BCUT2D eigenvalue weighted by Crippen LogP contribution is -2.58. The standard InChI is InChI=1S/C19H27NO6/c1-13-7-5-3-2-4-6-8-14-10-15(25-17(21)9-13)11-19(23,26-14)16-12-24-18(22)20-16/h2-3,9,14-16,23H,4-8,10-12H2,1H3,(H,20,22)/b3-2-,13-9-/t14-,15-,16+,19-/m1/s1. The van der Waals surface area contributed by atoms with Gasteiger partial charge in [0.05, 0.1) is 6.10 Å². The Morgan fingerprint density at radius 1 is 1.23 bits per heavy atom. The molecule has 0 radical (unpaired) electrons. The molecule has 144 valence electrons. The highest BCUT2D eigenvalue weighted by molar-refractivity contribution is 5.82. The first kappa shape index (κ1) is 18.9. The van der Waals surface area contributed by atoms with E-state index in [9.17, 15) is 14.7 Å². The second kappa shape index (κ2) is 8.22. The Morgan fingerprint density at radius 2 is 2.04 bits per heavy atom. The second-order valence-corrected chi connectivity index (χ2v) is 7.31. The minimum Gasteiger partial charge on any atom is -0.459 e. The SMILES string of the molecule is C/C1=C/C(=O)O[C@@H]2C[C@@H](CCC/C=C\CC1)O[C@@](O)([C@@H]1COC(=O)N1)C2. The van der Waals surface area contributed by atoms with E-state index in [-0.39, 0.29) is 19.1 Å². The van der Waals surface area contributed by atoms with Crippen molar-refractivity contribution in [3.8, 4) is 0 Å². The predicted molar refractivity (Wildman–Crippen MR) is 93.2 cm³/mol. The van der Waals surface area contributed by atoms with Crippen LogP contribution in [0.3, 0.4) is 0 Å². The fourth-order valence-corrected chi connectivity index (χ4v) is 3.69. The molecule has 4 atom stereocenters. The van der Waals surface area contributed by atoms with Gasteiger partial charge in [-0.15, -0.1) is 0 Å². The Labute approximate surface area is 153 Å².